The fourth-order valence-corrected chi connectivity index (χ4v) is 7.28. The lowest BCUT2D eigenvalue weighted by atomic mass is 10.0. The highest BCUT2D eigenvalue weighted by atomic mass is 15.2. The molecule has 1 aliphatic rings. The van der Waals surface area contributed by atoms with Gasteiger partial charge in [-0.2, -0.15) is 9.97 Å². The minimum absolute atomic E-state index is 0.579. The number of aromatic nitrogens is 5. The summed E-state index contributed by atoms with van der Waals surface area (Å²) < 4.78 is 4.53. The van der Waals surface area contributed by atoms with Gasteiger partial charge in [0.1, 0.15) is 0 Å². The van der Waals surface area contributed by atoms with Gasteiger partial charge >= 0.3 is 0 Å². The average molecular weight is 643 g/mol. The molecule has 1 aliphatic heterocycles. The summed E-state index contributed by atoms with van der Waals surface area (Å²) in [7, 11) is 0. The molecule has 50 heavy (non-hydrogen) atoms. The summed E-state index contributed by atoms with van der Waals surface area (Å²) in [4.78, 5) is 15.2. The Hall–Kier alpha value is -6.79. The van der Waals surface area contributed by atoms with Crippen LogP contribution in [0.3, 0.4) is 0 Å². The molecule has 0 unspecified atom stereocenters. The molecule has 3 aromatic heterocycles. The van der Waals surface area contributed by atoms with Crippen LogP contribution >= 0.6 is 0 Å². The zero-order valence-electron chi connectivity index (χ0n) is 27.0. The van der Waals surface area contributed by atoms with Crippen LogP contribution in [0, 0.1) is 0 Å². The van der Waals surface area contributed by atoms with Crippen LogP contribution in [-0.2, 0) is 0 Å². The minimum Gasteiger partial charge on any atom is -0.379 e. The number of hydrogen-bond donors (Lipinski definition) is 1. The zero-order valence-corrected chi connectivity index (χ0v) is 27.0. The van der Waals surface area contributed by atoms with Gasteiger partial charge in [-0.1, -0.05) is 121 Å². The molecular formula is C44H30N6. The topological polar surface area (TPSA) is 60.6 Å². The van der Waals surface area contributed by atoms with Crippen molar-refractivity contribution in [2.24, 2.45) is 0 Å². The lowest BCUT2D eigenvalue weighted by Crippen LogP contribution is -2.10. The predicted octanol–water partition coefficient (Wildman–Crippen LogP) is 10.4. The summed E-state index contributed by atoms with van der Waals surface area (Å²) in [6.45, 7) is 0.762. The number of benzene rings is 6. The number of para-hydroxylation sites is 2. The van der Waals surface area contributed by atoms with E-state index in [-0.39, 0.29) is 0 Å². The first-order chi connectivity index (χ1) is 24.8. The van der Waals surface area contributed by atoms with E-state index in [1.165, 1.54) is 21.8 Å². The van der Waals surface area contributed by atoms with E-state index in [2.05, 4.69) is 118 Å². The SMILES string of the molecule is C1=Cc2c(c3ccc(-c4ccc5c(c4)c4ccccc4n5-c4ccccc4)cc3n2-c2nc(-c3ccccc3)nc(-c3ccccc3)n2)NC1. The predicted molar refractivity (Wildman–Crippen MR) is 205 cm³/mol. The van der Waals surface area contributed by atoms with Gasteiger partial charge in [-0.15, -0.1) is 0 Å². The number of rotatable bonds is 5. The summed E-state index contributed by atoms with van der Waals surface area (Å²) in [5, 5.41) is 7.20. The fraction of sp³-hybridized carbons (Fsp3) is 0.0227. The van der Waals surface area contributed by atoms with Gasteiger partial charge in [-0.25, -0.2) is 4.98 Å². The molecule has 0 saturated carbocycles. The third-order valence-corrected chi connectivity index (χ3v) is 9.59. The van der Waals surface area contributed by atoms with Gasteiger partial charge < -0.3 is 9.88 Å². The molecule has 9 aromatic rings. The van der Waals surface area contributed by atoms with E-state index >= 15 is 0 Å². The highest BCUT2D eigenvalue weighted by Crippen LogP contribution is 2.40. The summed E-state index contributed by atoms with van der Waals surface area (Å²) in [6.07, 6.45) is 4.32. The first-order valence-electron chi connectivity index (χ1n) is 16.9. The molecule has 1 N–H and O–H groups in total. The molecule has 0 amide bonds. The summed E-state index contributed by atoms with van der Waals surface area (Å²) in [5.41, 5.74) is 10.8. The Morgan fingerprint density at radius 2 is 1.08 bits per heavy atom. The van der Waals surface area contributed by atoms with Crippen molar-refractivity contribution >= 4 is 44.5 Å². The third-order valence-electron chi connectivity index (χ3n) is 9.59. The molecule has 6 aromatic carbocycles. The van der Waals surface area contributed by atoms with Crippen LogP contribution in [0.5, 0.6) is 0 Å². The molecule has 0 bridgehead atoms. The second kappa shape index (κ2) is 11.4. The van der Waals surface area contributed by atoms with Gasteiger partial charge in [0, 0.05) is 39.5 Å². The van der Waals surface area contributed by atoms with Crippen LogP contribution in [0.25, 0.3) is 84.3 Å². The van der Waals surface area contributed by atoms with Crippen LogP contribution in [0.1, 0.15) is 5.69 Å². The van der Waals surface area contributed by atoms with Gasteiger partial charge in [-0.05, 0) is 53.6 Å². The van der Waals surface area contributed by atoms with E-state index < -0.39 is 0 Å². The van der Waals surface area contributed by atoms with Crippen LogP contribution in [0.2, 0.25) is 0 Å². The summed E-state index contributed by atoms with van der Waals surface area (Å²) >= 11 is 0. The van der Waals surface area contributed by atoms with E-state index in [1.807, 2.05) is 60.7 Å². The molecule has 6 nitrogen and oxygen atoms in total. The van der Waals surface area contributed by atoms with Crippen LogP contribution in [0.15, 0.2) is 158 Å². The van der Waals surface area contributed by atoms with Gasteiger partial charge in [-0.3, -0.25) is 4.57 Å². The first-order valence-corrected chi connectivity index (χ1v) is 16.9. The number of fused-ring (bicyclic) bond motifs is 6. The Morgan fingerprint density at radius 1 is 0.460 bits per heavy atom. The quantitative estimate of drug-likeness (QED) is 0.203. The van der Waals surface area contributed by atoms with Crippen LogP contribution in [0.4, 0.5) is 5.69 Å². The van der Waals surface area contributed by atoms with E-state index in [0.29, 0.717) is 17.6 Å². The van der Waals surface area contributed by atoms with Gasteiger partial charge in [0.25, 0.3) is 0 Å². The molecule has 0 saturated heterocycles. The maximum atomic E-state index is 5.12. The van der Waals surface area contributed by atoms with Crippen molar-refractivity contribution in [2.45, 2.75) is 0 Å². The summed E-state index contributed by atoms with van der Waals surface area (Å²) in [5.74, 6) is 1.85. The van der Waals surface area contributed by atoms with Crippen molar-refractivity contribution < 1.29 is 0 Å². The largest absolute Gasteiger partial charge is 0.379 e. The monoisotopic (exact) mass is 642 g/mol. The molecule has 0 atom stereocenters. The lowest BCUT2D eigenvalue weighted by Gasteiger charge is -2.14. The smallest absolute Gasteiger partial charge is 0.238 e. The second-order valence-electron chi connectivity index (χ2n) is 12.5. The Bertz CT molecular complexity index is 2680. The molecule has 0 spiro atoms. The highest BCUT2D eigenvalue weighted by molar-refractivity contribution is 6.11. The van der Waals surface area contributed by atoms with Crippen molar-refractivity contribution in [3.05, 3.63) is 163 Å². The third kappa shape index (κ3) is 4.54. The maximum Gasteiger partial charge on any atom is 0.238 e. The molecule has 0 fully saturated rings. The Morgan fingerprint density at radius 3 is 1.82 bits per heavy atom. The standard InChI is InChI=1S/C44H30N6/c1-4-13-29(14-5-1)42-46-43(30-15-6-2-7-16-30)48-44(47-42)50-39-21-12-26-45-41(39)35-24-22-32(28-40(35)50)31-23-25-38-36(27-31)34-19-10-11-20-37(34)49(38)33-17-8-3-9-18-33/h1-25,27-28,45H,26H2. The lowest BCUT2D eigenvalue weighted by molar-refractivity contribution is 0.925. The maximum absolute atomic E-state index is 5.12. The normalized spacial score (nSPS) is 12.4. The van der Waals surface area contributed by atoms with E-state index in [9.17, 15) is 0 Å². The molecule has 4 heterocycles. The highest BCUT2D eigenvalue weighted by Gasteiger charge is 2.23. The van der Waals surface area contributed by atoms with Crippen molar-refractivity contribution in [1.29, 1.82) is 0 Å². The zero-order chi connectivity index (χ0) is 33.0. The molecule has 10 rings (SSSR count). The molecule has 6 heteroatoms. The van der Waals surface area contributed by atoms with Crippen LogP contribution in [-0.4, -0.2) is 30.6 Å². The van der Waals surface area contributed by atoms with Crippen molar-refractivity contribution in [1.82, 2.24) is 24.1 Å². The number of hydrogen-bond acceptors (Lipinski definition) is 4. The Kier molecular flexibility index (Phi) is 6.45. The van der Waals surface area contributed by atoms with Gasteiger partial charge in [0.05, 0.1) is 27.9 Å². The Labute approximate surface area is 288 Å². The minimum atomic E-state index is 0.579. The summed E-state index contributed by atoms with van der Waals surface area (Å²) in [6, 6.07) is 53.0. The first kappa shape index (κ1) is 28.2. The second-order valence-corrected chi connectivity index (χ2v) is 12.5. The Balaban J connectivity index is 1.19. The van der Waals surface area contributed by atoms with E-state index in [0.717, 1.165) is 56.8 Å². The fourth-order valence-electron chi connectivity index (χ4n) is 7.28. The average Bonchev–Trinajstić information content (AvgIpc) is 3.71. The van der Waals surface area contributed by atoms with E-state index in [4.69, 9.17) is 15.0 Å². The van der Waals surface area contributed by atoms with Gasteiger partial charge in [0.2, 0.25) is 5.95 Å². The van der Waals surface area contributed by atoms with Crippen molar-refractivity contribution in [2.75, 3.05) is 11.9 Å². The van der Waals surface area contributed by atoms with Gasteiger partial charge in [0.15, 0.2) is 11.6 Å². The molecule has 236 valence electrons. The van der Waals surface area contributed by atoms with E-state index in [1.54, 1.807) is 0 Å². The molecular weight excluding hydrogens is 613 g/mol. The molecule has 0 radical (unpaired) electrons. The number of nitrogens with one attached hydrogen (secondary N) is 1. The molecule has 0 aliphatic carbocycles. The van der Waals surface area contributed by atoms with Crippen molar-refractivity contribution in [3.8, 4) is 45.5 Å². The number of anilines is 1. The number of nitrogens with zero attached hydrogens (tertiary/aromatic N) is 5. The van der Waals surface area contributed by atoms with Crippen LogP contribution < -0.4 is 5.32 Å². The van der Waals surface area contributed by atoms with Crippen molar-refractivity contribution in [3.63, 3.8) is 0 Å².